The molecule has 0 amide bonds. The van der Waals surface area contributed by atoms with E-state index in [4.69, 9.17) is 0 Å². The second kappa shape index (κ2) is 7.56. The summed E-state index contributed by atoms with van der Waals surface area (Å²) in [4.78, 5) is 4.12. The van der Waals surface area contributed by atoms with E-state index in [-0.39, 0.29) is 0 Å². The number of hydrogen-bond acceptors (Lipinski definition) is 2. The lowest BCUT2D eigenvalue weighted by Crippen LogP contribution is -1.96. The molecule has 1 aromatic carbocycles. The molecule has 0 aliphatic rings. The summed E-state index contributed by atoms with van der Waals surface area (Å²) in [6.07, 6.45) is 4.57. The van der Waals surface area contributed by atoms with Crippen molar-refractivity contribution in [1.29, 1.82) is 0 Å². The second-order valence-electron chi connectivity index (χ2n) is 5.51. The van der Waals surface area contributed by atoms with Crippen LogP contribution in [0.1, 0.15) is 23.4 Å². The summed E-state index contributed by atoms with van der Waals surface area (Å²) in [5, 5.41) is 4.39. The fourth-order valence-corrected chi connectivity index (χ4v) is 2.47. The molecule has 3 nitrogen and oxygen atoms in total. The highest BCUT2D eigenvalue weighted by molar-refractivity contribution is 5.65. The molecule has 120 valence electrons. The highest BCUT2D eigenvalue weighted by Gasteiger charge is 2.03. The van der Waals surface area contributed by atoms with Gasteiger partial charge in [0.15, 0.2) is 0 Å². The van der Waals surface area contributed by atoms with E-state index in [1.54, 1.807) is 18.2 Å². The molecule has 0 fully saturated rings. The Labute approximate surface area is 141 Å². The molecule has 3 rings (SSSR count). The Morgan fingerprint density at radius 3 is 2.83 bits per heavy atom. The summed E-state index contributed by atoms with van der Waals surface area (Å²) in [5.74, 6) is 6.03. The first kappa shape index (κ1) is 15.9. The zero-order valence-corrected chi connectivity index (χ0v) is 13.5. The lowest BCUT2D eigenvalue weighted by atomic mass is 10.0. The Kier molecular flexibility index (Phi) is 5.02. The molecule has 0 saturated carbocycles. The number of aryl methyl sites for hydroxylation is 2. The number of benzene rings is 1. The van der Waals surface area contributed by atoms with Crippen LogP contribution in [0.25, 0.3) is 11.1 Å². The van der Waals surface area contributed by atoms with Crippen LogP contribution < -0.4 is 0 Å². The Morgan fingerprint density at radius 1 is 1.12 bits per heavy atom. The van der Waals surface area contributed by atoms with Crippen LogP contribution in [0, 0.1) is 18.8 Å². The SMILES string of the molecule is Cc1ccccc1-c1cnn(CCC#Cc2cccc(CF)n2)c1. The third kappa shape index (κ3) is 3.88. The first-order valence-electron chi connectivity index (χ1n) is 7.85. The first-order chi connectivity index (χ1) is 11.8. The normalized spacial score (nSPS) is 10.2. The van der Waals surface area contributed by atoms with Gasteiger partial charge in [0, 0.05) is 18.2 Å². The van der Waals surface area contributed by atoms with Crippen molar-refractivity contribution in [3.05, 3.63) is 71.8 Å². The largest absolute Gasteiger partial charge is 0.271 e. The number of hydrogen-bond donors (Lipinski definition) is 0. The van der Waals surface area contributed by atoms with Crippen LogP contribution >= 0.6 is 0 Å². The topological polar surface area (TPSA) is 30.7 Å². The predicted molar refractivity (Wildman–Crippen MR) is 92.9 cm³/mol. The van der Waals surface area contributed by atoms with Crippen LogP contribution in [0.5, 0.6) is 0 Å². The monoisotopic (exact) mass is 319 g/mol. The molecular weight excluding hydrogens is 301 g/mol. The first-order valence-corrected chi connectivity index (χ1v) is 7.85. The number of halogens is 1. The predicted octanol–water partition coefficient (Wildman–Crippen LogP) is 4.16. The maximum absolute atomic E-state index is 12.6. The third-order valence-corrected chi connectivity index (χ3v) is 3.72. The lowest BCUT2D eigenvalue weighted by Gasteiger charge is -2.01. The van der Waals surface area contributed by atoms with E-state index in [1.165, 1.54) is 11.1 Å². The van der Waals surface area contributed by atoms with Gasteiger partial charge in [-0.2, -0.15) is 5.10 Å². The molecule has 2 heterocycles. The van der Waals surface area contributed by atoms with Gasteiger partial charge in [0.1, 0.15) is 12.4 Å². The Hall–Kier alpha value is -2.93. The van der Waals surface area contributed by atoms with Gasteiger partial charge in [0.25, 0.3) is 0 Å². The summed E-state index contributed by atoms with van der Waals surface area (Å²) in [6, 6.07) is 13.5. The summed E-state index contributed by atoms with van der Waals surface area (Å²) >= 11 is 0. The lowest BCUT2D eigenvalue weighted by molar-refractivity contribution is 0.476. The van der Waals surface area contributed by atoms with E-state index in [1.807, 2.05) is 29.2 Å². The van der Waals surface area contributed by atoms with Crippen molar-refractivity contribution < 1.29 is 4.39 Å². The quantitative estimate of drug-likeness (QED) is 0.676. The summed E-state index contributed by atoms with van der Waals surface area (Å²) in [6.45, 7) is 2.24. The molecule has 0 N–H and O–H groups in total. The molecular formula is C20H18FN3. The van der Waals surface area contributed by atoms with Crippen LogP contribution in [0.2, 0.25) is 0 Å². The number of aromatic nitrogens is 3. The van der Waals surface area contributed by atoms with Crippen LogP contribution in [-0.4, -0.2) is 14.8 Å². The van der Waals surface area contributed by atoms with Gasteiger partial charge in [0.05, 0.1) is 18.4 Å². The number of nitrogens with zero attached hydrogens (tertiary/aromatic N) is 3. The van der Waals surface area contributed by atoms with Crippen molar-refractivity contribution in [2.75, 3.05) is 0 Å². The average molecular weight is 319 g/mol. The Morgan fingerprint density at radius 2 is 2.00 bits per heavy atom. The number of rotatable bonds is 4. The minimum Gasteiger partial charge on any atom is -0.271 e. The minimum atomic E-state index is -0.565. The van der Waals surface area contributed by atoms with Crippen LogP contribution in [0.4, 0.5) is 4.39 Å². The molecule has 0 bridgehead atoms. The van der Waals surface area contributed by atoms with Crippen molar-refractivity contribution >= 4 is 0 Å². The highest BCUT2D eigenvalue weighted by atomic mass is 19.1. The molecule has 0 aliphatic heterocycles. The van der Waals surface area contributed by atoms with Gasteiger partial charge in [-0.3, -0.25) is 4.68 Å². The summed E-state index contributed by atoms with van der Waals surface area (Å²) in [5.41, 5.74) is 4.55. The molecule has 0 atom stereocenters. The van der Waals surface area contributed by atoms with Crippen molar-refractivity contribution in [2.45, 2.75) is 26.6 Å². The van der Waals surface area contributed by atoms with Crippen molar-refractivity contribution in [3.8, 4) is 23.0 Å². The van der Waals surface area contributed by atoms with Gasteiger partial charge < -0.3 is 0 Å². The van der Waals surface area contributed by atoms with E-state index in [0.717, 1.165) is 5.56 Å². The molecule has 0 spiro atoms. The van der Waals surface area contributed by atoms with Gasteiger partial charge in [-0.25, -0.2) is 9.37 Å². The zero-order valence-electron chi connectivity index (χ0n) is 13.5. The highest BCUT2D eigenvalue weighted by Crippen LogP contribution is 2.22. The molecule has 0 aliphatic carbocycles. The zero-order chi connectivity index (χ0) is 16.8. The maximum atomic E-state index is 12.6. The van der Waals surface area contributed by atoms with E-state index < -0.39 is 6.67 Å². The molecule has 3 aromatic rings. The number of pyridine rings is 1. The van der Waals surface area contributed by atoms with Gasteiger partial charge in [-0.15, -0.1) is 0 Å². The van der Waals surface area contributed by atoms with Gasteiger partial charge in [-0.1, -0.05) is 36.3 Å². The maximum Gasteiger partial charge on any atom is 0.131 e. The standard InChI is InChI=1S/C20H18FN3/c1-16-7-2-3-11-20(16)17-14-22-24(15-17)12-5-4-8-18-9-6-10-19(13-21)23-18/h2-3,6-7,9-11,14-15H,5,12-13H2,1H3. The molecule has 0 unspecified atom stereocenters. The molecule has 4 heteroatoms. The van der Waals surface area contributed by atoms with Crippen LogP contribution in [0.15, 0.2) is 54.9 Å². The summed E-state index contributed by atoms with van der Waals surface area (Å²) in [7, 11) is 0. The van der Waals surface area contributed by atoms with E-state index in [9.17, 15) is 4.39 Å². The molecule has 24 heavy (non-hydrogen) atoms. The molecule has 2 aromatic heterocycles. The number of alkyl halides is 1. The van der Waals surface area contributed by atoms with E-state index in [0.29, 0.717) is 24.4 Å². The second-order valence-corrected chi connectivity index (χ2v) is 5.51. The van der Waals surface area contributed by atoms with Crippen molar-refractivity contribution in [1.82, 2.24) is 14.8 Å². The smallest absolute Gasteiger partial charge is 0.131 e. The van der Waals surface area contributed by atoms with Crippen molar-refractivity contribution in [3.63, 3.8) is 0 Å². The van der Waals surface area contributed by atoms with E-state index in [2.05, 4.69) is 41.0 Å². The fourth-order valence-electron chi connectivity index (χ4n) is 2.47. The molecule has 0 radical (unpaired) electrons. The van der Waals surface area contributed by atoms with Gasteiger partial charge in [-0.05, 0) is 36.1 Å². The summed E-state index contributed by atoms with van der Waals surface area (Å²) < 4.78 is 14.5. The minimum absolute atomic E-state index is 0.414. The molecule has 0 saturated heterocycles. The van der Waals surface area contributed by atoms with Gasteiger partial charge >= 0.3 is 0 Å². The third-order valence-electron chi connectivity index (χ3n) is 3.72. The Balaban J connectivity index is 1.62. The fraction of sp³-hybridized carbons (Fsp3) is 0.200. The van der Waals surface area contributed by atoms with Crippen LogP contribution in [-0.2, 0) is 13.2 Å². The van der Waals surface area contributed by atoms with Crippen LogP contribution in [0.3, 0.4) is 0 Å². The van der Waals surface area contributed by atoms with Gasteiger partial charge in [0.2, 0.25) is 0 Å². The average Bonchev–Trinajstić information content (AvgIpc) is 3.08. The Bertz CT molecular complexity index is 887. The van der Waals surface area contributed by atoms with Crippen molar-refractivity contribution in [2.24, 2.45) is 0 Å². The van der Waals surface area contributed by atoms with E-state index >= 15 is 0 Å².